The number of nitro groups is 1. The van der Waals surface area contributed by atoms with E-state index in [-0.39, 0.29) is 28.8 Å². The summed E-state index contributed by atoms with van der Waals surface area (Å²) in [6.07, 6.45) is 0. The molecule has 1 amide bonds. The maximum absolute atomic E-state index is 12.0. The first-order valence-electron chi connectivity index (χ1n) is 8.93. The zero-order valence-corrected chi connectivity index (χ0v) is 18.2. The molecule has 0 saturated carbocycles. The molecule has 0 heterocycles. The van der Waals surface area contributed by atoms with E-state index in [4.69, 9.17) is 4.74 Å². The van der Waals surface area contributed by atoms with Crippen LogP contribution in [0.15, 0.2) is 53.4 Å². The number of hydrogen-bond donors (Lipinski definition) is 1. The molecule has 0 aliphatic carbocycles. The van der Waals surface area contributed by atoms with E-state index in [2.05, 4.69) is 5.32 Å². The van der Waals surface area contributed by atoms with Gasteiger partial charge in [-0.1, -0.05) is 12.1 Å². The van der Waals surface area contributed by atoms with Crippen LogP contribution in [0.5, 0.6) is 5.75 Å². The van der Waals surface area contributed by atoms with E-state index in [9.17, 15) is 23.3 Å². The second kappa shape index (κ2) is 11.0. The summed E-state index contributed by atoms with van der Waals surface area (Å²) in [4.78, 5) is 22.2. The van der Waals surface area contributed by atoms with Crippen LogP contribution in [0.2, 0.25) is 0 Å². The van der Waals surface area contributed by atoms with Crippen LogP contribution in [0.3, 0.4) is 0 Å². The van der Waals surface area contributed by atoms with Gasteiger partial charge >= 0.3 is 0 Å². The Balaban J connectivity index is 1.65. The minimum atomic E-state index is -3.48. The molecule has 0 saturated heterocycles. The Morgan fingerprint density at radius 2 is 1.77 bits per heavy atom. The molecule has 0 radical (unpaired) electrons. The molecule has 9 nitrogen and oxygen atoms in total. The number of hydrogen-bond acceptors (Lipinski definition) is 7. The number of nitrogens with zero attached hydrogens (tertiary/aromatic N) is 2. The molecule has 0 spiro atoms. The zero-order valence-electron chi connectivity index (χ0n) is 16.6. The molecule has 1 N–H and O–H groups in total. The van der Waals surface area contributed by atoms with E-state index in [1.54, 1.807) is 24.3 Å². The molecule has 162 valence electrons. The number of rotatable bonds is 11. The first-order chi connectivity index (χ1) is 14.2. The van der Waals surface area contributed by atoms with E-state index >= 15 is 0 Å². The van der Waals surface area contributed by atoms with Crippen molar-refractivity contribution in [3.05, 3.63) is 64.2 Å². The molecular weight excluding hydrogens is 430 g/mol. The number of nitrogens with one attached hydrogen (secondary N) is 1. The number of carbonyl (C=O) groups excluding carboxylic acids is 1. The lowest BCUT2D eigenvalue weighted by atomic mass is 10.2. The summed E-state index contributed by atoms with van der Waals surface area (Å²) in [5.41, 5.74) is 0.942. The predicted octanol–water partition coefficient (Wildman–Crippen LogP) is 2.27. The molecule has 0 aromatic heterocycles. The Labute approximate surface area is 179 Å². The smallest absolute Gasteiger partial charge is 0.269 e. The average Bonchev–Trinajstić information content (AvgIpc) is 2.72. The largest absolute Gasteiger partial charge is 0.492 e. The first kappa shape index (κ1) is 23.6. The van der Waals surface area contributed by atoms with Crippen molar-refractivity contribution >= 4 is 33.4 Å². The van der Waals surface area contributed by atoms with Crippen molar-refractivity contribution in [2.45, 2.75) is 10.6 Å². The summed E-state index contributed by atoms with van der Waals surface area (Å²) in [6, 6.07) is 12.3. The van der Waals surface area contributed by atoms with Gasteiger partial charge in [0.05, 0.1) is 22.1 Å². The number of carbonyl (C=O) groups is 1. The molecule has 0 atom stereocenters. The maximum Gasteiger partial charge on any atom is 0.269 e. The summed E-state index contributed by atoms with van der Waals surface area (Å²) in [5.74, 6) is 1.20. The number of ether oxygens (including phenoxy) is 1. The Bertz CT molecular complexity index is 961. The topological polar surface area (TPSA) is 119 Å². The predicted molar refractivity (Wildman–Crippen MR) is 115 cm³/mol. The summed E-state index contributed by atoms with van der Waals surface area (Å²) in [7, 11) is -0.547. The molecule has 0 unspecified atom stereocenters. The van der Waals surface area contributed by atoms with E-state index in [0.29, 0.717) is 18.0 Å². The molecule has 2 aromatic rings. The van der Waals surface area contributed by atoms with Crippen molar-refractivity contribution in [3.8, 4) is 5.75 Å². The van der Waals surface area contributed by atoms with Gasteiger partial charge in [-0.05, 0) is 29.8 Å². The van der Waals surface area contributed by atoms with Gasteiger partial charge in [-0.15, -0.1) is 11.8 Å². The van der Waals surface area contributed by atoms with Crippen molar-refractivity contribution in [2.75, 3.05) is 33.0 Å². The lowest BCUT2D eigenvalue weighted by Crippen LogP contribution is -2.29. The van der Waals surface area contributed by atoms with Gasteiger partial charge in [-0.3, -0.25) is 14.9 Å². The second-order valence-electron chi connectivity index (χ2n) is 6.37. The number of thioether (sulfide) groups is 1. The first-order valence-corrected chi connectivity index (χ1v) is 11.5. The summed E-state index contributed by atoms with van der Waals surface area (Å²) in [6.45, 7) is 0.563. The third kappa shape index (κ3) is 7.01. The Morgan fingerprint density at radius 3 is 2.33 bits per heavy atom. The van der Waals surface area contributed by atoms with Gasteiger partial charge in [0.15, 0.2) is 0 Å². The van der Waals surface area contributed by atoms with Gasteiger partial charge in [0.1, 0.15) is 12.4 Å². The van der Waals surface area contributed by atoms with Crippen LogP contribution >= 0.6 is 11.8 Å². The summed E-state index contributed by atoms with van der Waals surface area (Å²) >= 11 is 1.41. The number of sulfonamides is 1. The van der Waals surface area contributed by atoms with Crippen LogP contribution in [0, 0.1) is 10.1 Å². The highest BCUT2D eigenvalue weighted by atomic mass is 32.2. The SMILES string of the molecule is CN(C)S(=O)(=O)c1ccc(OCCNC(=O)CSCc2ccc([N+](=O)[O-])cc2)cc1. The third-order valence-electron chi connectivity index (χ3n) is 3.94. The van der Waals surface area contributed by atoms with Crippen LogP contribution in [0.1, 0.15) is 5.56 Å². The monoisotopic (exact) mass is 453 g/mol. The third-order valence-corrected chi connectivity index (χ3v) is 6.78. The van der Waals surface area contributed by atoms with E-state index < -0.39 is 14.9 Å². The van der Waals surface area contributed by atoms with Crippen LogP contribution in [0.4, 0.5) is 5.69 Å². The summed E-state index contributed by atoms with van der Waals surface area (Å²) < 4.78 is 30.7. The van der Waals surface area contributed by atoms with Gasteiger partial charge in [0.25, 0.3) is 5.69 Å². The van der Waals surface area contributed by atoms with Crippen LogP contribution in [0.25, 0.3) is 0 Å². The molecule has 2 rings (SSSR count). The van der Waals surface area contributed by atoms with Crippen molar-refractivity contribution in [2.24, 2.45) is 0 Å². The van der Waals surface area contributed by atoms with E-state index in [1.807, 2.05) is 0 Å². The fourth-order valence-electron chi connectivity index (χ4n) is 2.30. The highest BCUT2D eigenvalue weighted by Crippen LogP contribution is 2.18. The van der Waals surface area contributed by atoms with Crippen LogP contribution < -0.4 is 10.1 Å². The molecule has 30 heavy (non-hydrogen) atoms. The Morgan fingerprint density at radius 1 is 1.13 bits per heavy atom. The lowest BCUT2D eigenvalue weighted by molar-refractivity contribution is -0.384. The van der Waals surface area contributed by atoms with E-state index in [1.165, 1.54) is 50.1 Å². The minimum absolute atomic E-state index is 0.0375. The Hall–Kier alpha value is -2.63. The van der Waals surface area contributed by atoms with Crippen molar-refractivity contribution < 1.29 is 22.9 Å². The molecule has 0 fully saturated rings. The molecule has 0 aliphatic rings. The van der Waals surface area contributed by atoms with Gasteiger partial charge in [0.2, 0.25) is 15.9 Å². The number of amides is 1. The van der Waals surface area contributed by atoms with Crippen molar-refractivity contribution in [1.82, 2.24) is 9.62 Å². The van der Waals surface area contributed by atoms with Gasteiger partial charge in [-0.25, -0.2) is 12.7 Å². The normalized spacial score (nSPS) is 11.3. The summed E-state index contributed by atoms with van der Waals surface area (Å²) in [5, 5.41) is 13.4. The quantitative estimate of drug-likeness (QED) is 0.315. The number of nitro benzene ring substituents is 1. The van der Waals surface area contributed by atoms with Crippen molar-refractivity contribution in [1.29, 1.82) is 0 Å². The van der Waals surface area contributed by atoms with Crippen molar-refractivity contribution in [3.63, 3.8) is 0 Å². The highest BCUT2D eigenvalue weighted by Gasteiger charge is 2.16. The zero-order chi connectivity index (χ0) is 22.1. The number of benzene rings is 2. The van der Waals surface area contributed by atoms with Gasteiger partial charge in [0, 0.05) is 32.0 Å². The van der Waals surface area contributed by atoms with E-state index in [0.717, 1.165) is 9.87 Å². The number of non-ortho nitro benzene ring substituents is 1. The second-order valence-corrected chi connectivity index (χ2v) is 9.51. The van der Waals surface area contributed by atoms with Gasteiger partial charge in [-0.2, -0.15) is 0 Å². The molecular formula is C19H23N3O6S2. The fourth-order valence-corrected chi connectivity index (χ4v) is 4.02. The molecule has 0 aliphatic heterocycles. The average molecular weight is 454 g/mol. The lowest BCUT2D eigenvalue weighted by Gasteiger charge is -2.12. The van der Waals surface area contributed by atoms with Crippen LogP contribution in [-0.2, 0) is 20.6 Å². The minimum Gasteiger partial charge on any atom is -0.492 e. The molecule has 11 heteroatoms. The standard InChI is InChI=1S/C19H23N3O6S2/c1-21(2)30(26,27)18-9-7-17(8-10-18)28-12-11-20-19(23)14-29-13-15-3-5-16(6-4-15)22(24)25/h3-10H,11-14H2,1-2H3,(H,20,23). The fraction of sp³-hybridized carbons (Fsp3) is 0.316. The van der Waals surface area contributed by atoms with Crippen LogP contribution in [-0.4, -0.2) is 56.6 Å². The Kier molecular flexibility index (Phi) is 8.63. The maximum atomic E-state index is 12.0. The highest BCUT2D eigenvalue weighted by molar-refractivity contribution is 7.99. The molecule has 0 bridgehead atoms. The van der Waals surface area contributed by atoms with Gasteiger partial charge < -0.3 is 10.1 Å². The molecule has 2 aromatic carbocycles.